The standard InChI is InChI=1S/C19H23N5O2/c1-13-9-24(12-16(26-13)11-23-7-4-15(25)10-23)17-3-2-14(8-20)18-19(17)22-6-5-21-18/h2-3,5-6,13,15-16,25H,4,7,9-12H2,1H3/t13-,15?,16+/m1/s1. The van der Waals surface area contributed by atoms with Crippen LogP contribution in [0.15, 0.2) is 24.5 Å². The third-order valence-electron chi connectivity index (χ3n) is 5.10. The van der Waals surface area contributed by atoms with Crippen LogP contribution in [0.3, 0.4) is 0 Å². The highest BCUT2D eigenvalue weighted by Crippen LogP contribution is 2.29. The van der Waals surface area contributed by atoms with Crippen molar-refractivity contribution < 1.29 is 9.84 Å². The first-order valence-electron chi connectivity index (χ1n) is 9.08. The first-order valence-corrected chi connectivity index (χ1v) is 9.08. The van der Waals surface area contributed by atoms with Crippen molar-refractivity contribution >= 4 is 16.7 Å². The molecule has 0 bridgehead atoms. The number of morpholine rings is 1. The quantitative estimate of drug-likeness (QED) is 0.886. The van der Waals surface area contributed by atoms with Crippen LogP contribution in [0.2, 0.25) is 0 Å². The molecule has 7 heteroatoms. The summed E-state index contributed by atoms with van der Waals surface area (Å²) >= 11 is 0. The molecule has 136 valence electrons. The first kappa shape index (κ1) is 17.2. The molecular formula is C19H23N5O2. The highest BCUT2D eigenvalue weighted by Gasteiger charge is 2.30. The highest BCUT2D eigenvalue weighted by molar-refractivity contribution is 5.92. The van der Waals surface area contributed by atoms with Gasteiger partial charge in [-0.25, -0.2) is 0 Å². The van der Waals surface area contributed by atoms with Crippen molar-refractivity contribution in [2.45, 2.75) is 31.7 Å². The maximum absolute atomic E-state index is 9.74. The van der Waals surface area contributed by atoms with Gasteiger partial charge in [0.25, 0.3) is 0 Å². The van der Waals surface area contributed by atoms with Gasteiger partial charge in [-0.2, -0.15) is 5.26 Å². The normalized spacial score (nSPS) is 27.0. The van der Waals surface area contributed by atoms with Gasteiger partial charge in [-0.05, 0) is 25.5 Å². The van der Waals surface area contributed by atoms with Gasteiger partial charge >= 0.3 is 0 Å². The number of aliphatic hydroxyl groups is 1. The largest absolute Gasteiger partial charge is 0.392 e. The van der Waals surface area contributed by atoms with Crippen LogP contribution in [0.25, 0.3) is 11.0 Å². The van der Waals surface area contributed by atoms with Gasteiger partial charge in [0.1, 0.15) is 17.1 Å². The predicted octanol–water partition coefficient (Wildman–Crippen LogP) is 1.16. The van der Waals surface area contributed by atoms with Crippen molar-refractivity contribution in [3.63, 3.8) is 0 Å². The highest BCUT2D eigenvalue weighted by atomic mass is 16.5. The van der Waals surface area contributed by atoms with E-state index in [1.807, 2.05) is 12.1 Å². The van der Waals surface area contributed by atoms with Crippen LogP contribution < -0.4 is 4.90 Å². The molecule has 3 atom stereocenters. The molecule has 1 aromatic carbocycles. The maximum atomic E-state index is 9.74. The zero-order chi connectivity index (χ0) is 18.1. The lowest BCUT2D eigenvalue weighted by Crippen LogP contribution is -2.50. The van der Waals surface area contributed by atoms with Crippen molar-refractivity contribution in [2.24, 2.45) is 0 Å². The number of aromatic nitrogens is 2. The first-order chi connectivity index (χ1) is 12.6. The third-order valence-corrected chi connectivity index (χ3v) is 5.10. The Hall–Kier alpha value is -2.27. The molecule has 0 amide bonds. The van der Waals surface area contributed by atoms with E-state index in [2.05, 4.69) is 32.8 Å². The van der Waals surface area contributed by atoms with E-state index in [0.29, 0.717) is 11.1 Å². The summed E-state index contributed by atoms with van der Waals surface area (Å²) in [5.74, 6) is 0. The fourth-order valence-corrected chi connectivity index (χ4v) is 4.00. The fourth-order valence-electron chi connectivity index (χ4n) is 4.00. The van der Waals surface area contributed by atoms with Crippen molar-refractivity contribution in [2.75, 3.05) is 37.6 Å². The fraction of sp³-hybridized carbons (Fsp3) is 0.526. The van der Waals surface area contributed by atoms with Crippen LogP contribution in [0.4, 0.5) is 5.69 Å². The summed E-state index contributed by atoms with van der Waals surface area (Å²) in [6.07, 6.45) is 4.08. The number of benzene rings is 1. The zero-order valence-electron chi connectivity index (χ0n) is 14.9. The summed E-state index contributed by atoms with van der Waals surface area (Å²) < 4.78 is 6.14. The topological polar surface area (TPSA) is 85.5 Å². The lowest BCUT2D eigenvalue weighted by molar-refractivity contribution is -0.0304. The van der Waals surface area contributed by atoms with Gasteiger partial charge in [0.15, 0.2) is 0 Å². The molecular weight excluding hydrogens is 330 g/mol. The van der Waals surface area contributed by atoms with Crippen molar-refractivity contribution in [3.8, 4) is 6.07 Å². The van der Waals surface area contributed by atoms with Gasteiger partial charge in [-0.3, -0.25) is 14.9 Å². The van der Waals surface area contributed by atoms with Crippen LogP contribution in [0.1, 0.15) is 18.9 Å². The molecule has 2 aromatic rings. The molecule has 2 fully saturated rings. The molecule has 3 heterocycles. The van der Waals surface area contributed by atoms with Gasteiger partial charge in [-0.1, -0.05) is 0 Å². The second-order valence-corrected chi connectivity index (χ2v) is 7.17. The Morgan fingerprint density at radius 1 is 1.23 bits per heavy atom. The lowest BCUT2D eigenvalue weighted by Gasteiger charge is -2.39. The smallest absolute Gasteiger partial charge is 0.113 e. The Morgan fingerprint density at radius 3 is 2.77 bits per heavy atom. The summed E-state index contributed by atoms with van der Waals surface area (Å²) in [7, 11) is 0. The summed E-state index contributed by atoms with van der Waals surface area (Å²) in [4.78, 5) is 13.4. The molecule has 1 aromatic heterocycles. The third kappa shape index (κ3) is 3.36. The number of rotatable bonds is 3. The second-order valence-electron chi connectivity index (χ2n) is 7.17. The van der Waals surface area contributed by atoms with Gasteiger partial charge in [0.2, 0.25) is 0 Å². The average molecular weight is 353 g/mol. The second kappa shape index (κ2) is 7.16. The Kier molecular flexibility index (Phi) is 4.72. The van der Waals surface area contributed by atoms with Crippen molar-refractivity contribution in [1.29, 1.82) is 5.26 Å². The molecule has 0 radical (unpaired) electrons. The molecule has 1 unspecified atom stereocenters. The monoisotopic (exact) mass is 353 g/mol. The van der Waals surface area contributed by atoms with Gasteiger partial charge < -0.3 is 14.7 Å². The number of hydrogen-bond donors (Lipinski definition) is 1. The summed E-state index contributed by atoms with van der Waals surface area (Å²) in [6.45, 7) is 6.07. The van der Waals surface area contributed by atoms with E-state index in [-0.39, 0.29) is 18.3 Å². The molecule has 0 spiro atoms. The van der Waals surface area contributed by atoms with E-state index in [4.69, 9.17) is 4.74 Å². The van der Waals surface area contributed by atoms with Gasteiger partial charge in [0, 0.05) is 45.1 Å². The molecule has 0 saturated carbocycles. The van der Waals surface area contributed by atoms with Crippen LogP contribution >= 0.6 is 0 Å². The molecule has 26 heavy (non-hydrogen) atoms. The number of β-amino-alcohol motifs (C(OH)–C–C–N with tert-alkyl or cyclic N) is 1. The minimum atomic E-state index is -0.218. The molecule has 1 N–H and O–H groups in total. The molecule has 2 aliphatic rings. The maximum Gasteiger partial charge on any atom is 0.113 e. The van der Waals surface area contributed by atoms with Crippen LogP contribution in [0.5, 0.6) is 0 Å². The van der Waals surface area contributed by atoms with E-state index in [1.165, 1.54) is 0 Å². The number of aliphatic hydroxyl groups excluding tert-OH is 1. The Labute approximate surface area is 152 Å². The SMILES string of the molecule is C[C@@H]1CN(c2ccc(C#N)c3nccnc23)C[C@H](CN2CCC(O)C2)O1. The molecule has 0 aliphatic carbocycles. The van der Waals surface area contributed by atoms with E-state index in [1.54, 1.807) is 12.4 Å². The van der Waals surface area contributed by atoms with E-state index in [9.17, 15) is 10.4 Å². The van der Waals surface area contributed by atoms with Gasteiger partial charge in [0.05, 0.1) is 29.6 Å². The molecule has 2 aliphatic heterocycles. The summed E-state index contributed by atoms with van der Waals surface area (Å²) in [5.41, 5.74) is 2.94. The Bertz CT molecular complexity index is 836. The minimum Gasteiger partial charge on any atom is -0.392 e. The average Bonchev–Trinajstić information content (AvgIpc) is 3.05. The van der Waals surface area contributed by atoms with Crippen LogP contribution in [0, 0.1) is 11.3 Å². The summed E-state index contributed by atoms with van der Waals surface area (Å²) in [5, 5.41) is 19.1. The summed E-state index contributed by atoms with van der Waals surface area (Å²) in [6, 6.07) is 5.97. The molecule has 2 saturated heterocycles. The van der Waals surface area contributed by atoms with Crippen molar-refractivity contribution in [1.82, 2.24) is 14.9 Å². The van der Waals surface area contributed by atoms with E-state index < -0.39 is 0 Å². The minimum absolute atomic E-state index is 0.0754. The van der Waals surface area contributed by atoms with Crippen molar-refractivity contribution in [3.05, 3.63) is 30.1 Å². The Balaban J connectivity index is 1.59. The molecule has 4 rings (SSSR count). The van der Waals surface area contributed by atoms with E-state index >= 15 is 0 Å². The number of nitrogens with zero attached hydrogens (tertiary/aromatic N) is 5. The van der Waals surface area contributed by atoms with Crippen LogP contribution in [-0.4, -0.2) is 71.0 Å². The number of hydrogen-bond acceptors (Lipinski definition) is 7. The number of fused-ring (bicyclic) bond motifs is 1. The number of anilines is 1. The number of nitriles is 1. The zero-order valence-corrected chi connectivity index (χ0v) is 14.9. The van der Waals surface area contributed by atoms with E-state index in [0.717, 1.165) is 50.3 Å². The van der Waals surface area contributed by atoms with Gasteiger partial charge in [-0.15, -0.1) is 0 Å². The molecule has 7 nitrogen and oxygen atoms in total. The number of ether oxygens (including phenoxy) is 1. The Morgan fingerprint density at radius 2 is 2.04 bits per heavy atom. The lowest BCUT2D eigenvalue weighted by atomic mass is 10.1. The van der Waals surface area contributed by atoms with Crippen LogP contribution in [-0.2, 0) is 4.74 Å². The number of likely N-dealkylation sites (tertiary alicyclic amines) is 1. The predicted molar refractivity (Wildman–Crippen MR) is 97.9 cm³/mol.